The third-order valence-electron chi connectivity index (χ3n) is 3.06. The van der Waals surface area contributed by atoms with Crippen LogP contribution in [0.2, 0.25) is 5.15 Å². The zero-order valence-electron chi connectivity index (χ0n) is 10.2. The fraction of sp³-hybridized carbons (Fsp3) is 0. The molecule has 0 bridgehead atoms. The highest BCUT2D eigenvalue weighted by molar-refractivity contribution is 6.34. The minimum Gasteiger partial charge on any atom is -0.300 e. The monoisotopic (exact) mass is 309 g/mol. The summed E-state index contributed by atoms with van der Waals surface area (Å²) in [6.45, 7) is 0. The van der Waals surface area contributed by atoms with Gasteiger partial charge in [-0.25, -0.2) is 4.39 Å². The standard InChI is InChI=1S/C15H9ClFNO.ClH/c16-15-13(9-19)12-3-1-2-4-14(12)18(15)11-7-5-10(17)6-8-11;/h1-9H;1H. The van der Waals surface area contributed by atoms with Gasteiger partial charge in [0, 0.05) is 11.1 Å². The van der Waals surface area contributed by atoms with E-state index in [1.807, 2.05) is 24.3 Å². The van der Waals surface area contributed by atoms with Crippen molar-refractivity contribution in [3.63, 3.8) is 0 Å². The van der Waals surface area contributed by atoms with E-state index in [-0.39, 0.29) is 18.2 Å². The van der Waals surface area contributed by atoms with Crippen LogP contribution in [0.1, 0.15) is 10.4 Å². The molecule has 0 fully saturated rings. The van der Waals surface area contributed by atoms with Gasteiger partial charge in [-0.05, 0) is 30.3 Å². The number of rotatable bonds is 2. The molecule has 2 nitrogen and oxygen atoms in total. The molecule has 1 heterocycles. The molecule has 2 aromatic carbocycles. The van der Waals surface area contributed by atoms with E-state index in [9.17, 15) is 9.18 Å². The summed E-state index contributed by atoms with van der Waals surface area (Å²) in [7, 11) is 0. The highest BCUT2D eigenvalue weighted by Gasteiger charge is 2.15. The van der Waals surface area contributed by atoms with Gasteiger partial charge in [0.05, 0.1) is 11.1 Å². The van der Waals surface area contributed by atoms with E-state index < -0.39 is 0 Å². The fourth-order valence-electron chi connectivity index (χ4n) is 2.19. The molecule has 0 amide bonds. The molecule has 0 spiro atoms. The molecular weight excluding hydrogens is 300 g/mol. The third kappa shape index (κ3) is 2.19. The van der Waals surface area contributed by atoms with E-state index in [0.717, 1.165) is 22.9 Å². The molecule has 0 saturated carbocycles. The first-order chi connectivity index (χ1) is 9.22. The van der Waals surface area contributed by atoms with Gasteiger partial charge in [-0.1, -0.05) is 29.8 Å². The number of para-hydroxylation sites is 1. The number of carbonyl (C=O) groups excluding carboxylic acids is 1. The summed E-state index contributed by atoms with van der Waals surface area (Å²) < 4.78 is 14.7. The number of hydrogen-bond donors (Lipinski definition) is 0. The number of benzene rings is 2. The Hall–Kier alpha value is -1.84. The number of halogens is 3. The molecule has 0 saturated heterocycles. The first kappa shape index (κ1) is 14.6. The van der Waals surface area contributed by atoms with Crippen molar-refractivity contribution in [2.24, 2.45) is 0 Å². The Morgan fingerprint density at radius 2 is 1.70 bits per heavy atom. The van der Waals surface area contributed by atoms with Gasteiger partial charge in [0.15, 0.2) is 6.29 Å². The van der Waals surface area contributed by atoms with Crippen molar-refractivity contribution >= 4 is 41.2 Å². The predicted octanol–water partition coefficient (Wildman–Crippen LogP) is 4.66. The molecule has 0 aliphatic rings. The van der Waals surface area contributed by atoms with Crippen LogP contribution in [-0.4, -0.2) is 10.9 Å². The second-order valence-corrected chi connectivity index (χ2v) is 4.51. The van der Waals surface area contributed by atoms with Crippen molar-refractivity contribution in [3.05, 3.63) is 65.1 Å². The average molecular weight is 310 g/mol. The van der Waals surface area contributed by atoms with E-state index >= 15 is 0 Å². The van der Waals surface area contributed by atoms with E-state index in [1.54, 1.807) is 16.7 Å². The molecule has 0 N–H and O–H groups in total. The summed E-state index contributed by atoms with van der Waals surface area (Å²) in [6, 6.07) is 13.4. The second kappa shape index (κ2) is 5.65. The molecule has 0 radical (unpaired) electrons. The molecule has 0 aliphatic carbocycles. The fourth-order valence-corrected chi connectivity index (χ4v) is 2.52. The summed E-state index contributed by atoms with van der Waals surface area (Å²) in [5, 5.41) is 1.12. The van der Waals surface area contributed by atoms with Crippen LogP contribution in [0.25, 0.3) is 16.6 Å². The smallest absolute Gasteiger partial charge is 0.153 e. The van der Waals surface area contributed by atoms with Crippen LogP contribution in [0.15, 0.2) is 48.5 Å². The predicted molar refractivity (Wildman–Crippen MR) is 80.9 cm³/mol. The Morgan fingerprint density at radius 3 is 2.35 bits per heavy atom. The summed E-state index contributed by atoms with van der Waals surface area (Å²) in [5.74, 6) is -0.313. The summed E-state index contributed by atoms with van der Waals surface area (Å²) >= 11 is 6.26. The lowest BCUT2D eigenvalue weighted by Gasteiger charge is -2.06. The summed E-state index contributed by atoms with van der Waals surface area (Å²) in [5.41, 5.74) is 1.98. The maximum Gasteiger partial charge on any atom is 0.153 e. The Bertz CT molecular complexity index is 765. The molecule has 102 valence electrons. The van der Waals surface area contributed by atoms with Crippen molar-refractivity contribution in [1.29, 1.82) is 0 Å². The van der Waals surface area contributed by atoms with Crippen molar-refractivity contribution in [2.75, 3.05) is 0 Å². The number of hydrogen-bond acceptors (Lipinski definition) is 1. The lowest BCUT2D eigenvalue weighted by atomic mass is 10.2. The first-order valence-electron chi connectivity index (χ1n) is 5.72. The molecular formula is C15H10Cl2FNO. The number of carbonyl (C=O) groups is 1. The van der Waals surface area contributed by atoms with Gasteiger partial charge in [0.25, 0.3) is 0 Å². The van der Waals surface area contributed by atoms with Crippen LogP contribution in [0.5, 0.6) is 0 Å². The molecule has 1 aromatic heterocycles. The molecule has 5 heteroatoms. The molecule has 0 unspecified atom stereocenters. The normalized spacial score (nSPS) is 10.3. The van der Waals surface area contributed by atoms with Crippen LogP contribution in [0.3, 0.4) is 0 Å². The largest absolute Gasteiger partial charge is 0.300 e. The summed E-state index contributed by atoms with van der Waals surface area (Å²) in [6.07, 6.45) is 0.741. The number of fused-ring (bicyclic) bond motifs is 1. The SMILES string of the molecule is Cl.O=Cc1c(Cl)n(-c2ccc(F)cc2)c2ccccc12. The van der Waals surface area contributed by atoms with Gasteiger partial charge in [0.1, 0.15) is 11.0 Å². The zero-order chi connectivity index (χ0) is 13.4. The van der Waals surface area contributed by atoms with Crippen molar-refractivity contribution in [2.45, 2.75) is 0 Å². The maximum absolute atomic E-state index is 13.0. The maximum atomic E-state index is 13.0. The Kier molecular flexibility index (Phi) is 4.12. The highest BCUT2D eigenvalue weighted by Crippen LogP contribution is 2.31. The topological polar surface area (TPSA) is 22.0 Å². The Balaban J connectivity index is 0.00000147. The van der Waals surface area contributed by atoms with Crippen molar-refractivity contribution < 1.29 is 9.18 Å². The van der Waals surface area contributed by atoms with Gasteiger partial charge in [-0.15, -0.1) is 12.4 Å². The molecule has 0 atom stereocenters. The van der Waals surface area contributed by atoms with Gasteiger partial charge < -0.3 is 0 Å². The Labute approximate surface area is 126 Å². The first-order valence-corrected chi connectivity index (χ1v) is 6.10. The van der Waals surface area contributed by atoms with Crippen LogP contribution in [0.4, 0.5) is 4.39 Å². The number of aldehydes is 1. The van der Waals surface area contributed by atoms with E-state index in [2.05, 4.69) is 0 Å². The van der Waals surface area contributed by atoms with E-state index in [0.29, 0.717) is 10.7 Å². The van der Waals surface area contributed by atoms with Crippen LogP contribution in [-0.2, 0) is 0 Å². The van der Waals surface area contributed by atoms with Crippen molar-refractivity contribution in [1.82, 2.24) is 4.57 Å². The van der Waals surface area contributed by atoms with Crippen LogP contribution in [0, 0.1) is 5.82 Å². The van der Waals surface area contributed by atoms with Gasteiger partial charge >= 0.3 is 0 Å². The minimum absolute atomic E-state index is 0. The quantitative estimate of drug-likeness (QED) is 0.631. The zero-order valence-corrected chi connectivity index (χ0v) is 11.8. The molecule has 3 rings (SSSR count). The van der Waals surface area contributed by atoms with Gasteiger partial charge in [-0.3, -0.25) is 9.36 Å². The molecule has 20 heavy (non-hydrogen) atoms. The van der Waals surface area contributed by atoms with Crippen molar-refractivity contribution in [3.8, 4) is 5.69 Å². The van der Waals surface area contributed by atoms with E-state index in [4.69, 9.17) is 11.6 Å². The Morgan fingerprint density at radius 1 is 1.05 bits per heavy atom. The van der Waals surface area contributed by atoms with Gasteiger partial charge in [0.2, 0.25) is 0 Å². The minimum atomic E-state index is -0.313. The lowest BCUT2D eigenvalue weighted by molar-refractivity contribution is 0.112. The van der Waals surface area contributed by atoms with Gasteiger partial charge in [-0.2, -0.15) is 0 Å². The lowest BCUT2D eigenvalue weighted by Crippen LogP contribution is -1.94. The highest BCUT2D eigenvalue weighted by atomic mass is 35.5. The summed E-state index contributed by atoms with van der Waals surface area (Å²) in [4.78, 5) is 11.2. The molecule has 3 aromatic rings. The molecule has 0 aliphatic heterocycles. The number of nitrogens with zero attached hydrogens (tertiary/aromatic N) is 1. The third-order valence-corrected chi connectivity index (χ3v) is 3.43. The number of aromatic nitrogens is 1. The average Bonchev–Trinajstić information content (AvgIpc) is 2.71. The van der Waals surface area contributed by atoms with Crippen LogP contribution < -0.4 is 0 Å². The van der Waals surface area contributed by atoms with Crippen LogP contribution >= 0.6 is 24.0 Å². The second-order valence-electron chi connectivity index (χ2n) is 4.15. The van der Waals surface area contributed by atoms with E-state index in [1.165, 1.54) is 12.1 Å².